The standard InChI is InChI=1S/C12H22O11/c13-1-4(16)7(18)11(5(17)2-14)23-12-10(21)9(20)8(19)6(3-15)22-12/h1,4-12,14-21H,2-3H2/t4-,5-,6-,7-,8-,9+,10-,11-,12-/m1/s1. The van der Waals surface area contributed by atoms with Gasteiger partial charge in [0, 0.05) is 0 Å². The summed E-state index contributed by atoms with van der Waals surface area (Å²) in [6.07, 6.45) is -15.7. The number of hydrogen-bond donors (Lipinski definition) is 8. The third-order valence-corrected chi connectivity index (χ3v) is 3.53. The Balaban J connectivity index is 2.91. The minimum Gasteiger partial charge on any atom is -0.394 e. The molecule has 1 aliphatic rings. The fourth-order valence-corrected chi connectivity index (χ4v) is 2.11. The Bertz CT molecular complexity index is 365. The van der Waals surface area contributed by atoms with Gasteiger partial charge in [0.1, 0.15) is 48.8 Å². The zero-order valence-electron chi connectivity index (χ0n) is 12.0. The molecule has 0 aromatic heterocycles. The Hall–Kier alpha value is -0.730. The van der Waals surface area contributed by atoms with E-state index in [0.29, 0.717) is 0 Å². The van der Waals surface area contributed by atoms with Crippen molar-refractivity contribution < 1.29 is 55.1 Å². The molecule has 23 heavy (non-hydrogen) atoms. The molecule has 11 heteroatoms. The van der Waals surface area contributed by atoms with Crippen molar-refractivity contribution in [3.05, 3.63) is 0 Å². The highest BCUT2D eigenvalue weighted by molar-refractivity contribution is 5.56. The van der Waals surface area contributed by atoms with Gasteiger partial charge in [-0.15, -0.1) is 0 Å². The van der Waals surface area contributed by atoms with Crippen LogP contribution < -0.4 is 0 Å². The van der Waals surface area contributed by atoms with Gasteiger partial charge < -0.3 is 55.1 Å². The number of rotatable bonds is 8. The van der Waals surface area contributed by atoms with Crippen molar-refractivity contribution in [2.24, 2.45) is 0 Å². The molecule has 0 unspecified atom stereocenters. The van der Waals surface area contributed by atoms with E-state index in [-0.39, 0.29) is 6.29 Å². The molecule has 0 spiro atoms. The summed E-state index contributed by atoms with van der Waals surface area (Å²) < 4.78 is 10.1. The fraction of sp³-hybridized carbons (Fsp3) is 0.917. The maximum absolute atomic E-state index is 10.5. The van der Waals surface area contributed by atoms with Crippen LogP contribution in [-0.4, -0.2) is 115 Å². The monoisotopic (exact) mass is 342 g/mol. The van der Waals surface area contributed by atoms with Gasteiger partial charge in [0.2, 0.25) is 0 Å². The first-order valence-electron chi connectivity index (χ1n) is 6.84. The van der Waals surface area contributed by atoms with Crippen molar-refractivity contribution in [1.29, 1.82) is 0 Å². The molecule has 0 aromatic rings. The predicted molar refractivity (Wildman–Crippen MR) is 69.8 cm³/mol. The van der Waals surface area contributed by atoms with Crippen LogP contribution in [0.4, 0.5) is 0 Å². The highest BCUT2D eigenvalue weighted by atomic mass is 16.7. The van der Waals surface area contributed by atoms with Crippen molar-refractivity contribution >= 4 is 6.29 Å². The number of aliphatic hydroxyl groups excluding tert-OH is 8. The second-order valence-corrected chi connectivity index (χ2v) is 5.17. The lowest BCUT2D eigenvalue weighted by atomic mass is 9.98. The number of aliphatic hydroxyl groups is 8. The zero-order chi connectivity index (χ0) is 17.7. The largest absolute Gasteiger partial charge is 0.394 e. The van der Waals surface area contributed by atoms with Crippen molar-refractivity contribution in [2.45, 2.75) is 55.1 Å². The van der Waals surface area contributed by atoms with E-state index >= 15 is 0 Å². The molecule has 0 aliphatic carbocycles. The topological polar surface area (TPSA) is 197 Å². The van der Waals surface area contributed by atoms with Gasteiger partial charge in [-0.3, -0.25) is 0 Å². The Kier molecular flexibility index (Phi) is 7.89. The first kappa shape index (κ1) is 20.3. The molecule has 1 rings (SSSR count). The second-order valence-electron chi connectivity index (χ2n) is 5.17. The highest BCUT2D eigenvalue weighted by Crippen LogP contribution is 2.24. The van der Waals surface area contributed by atoms with Crippen molar-refractivity contribution in [3.8, 4) is 0 Å². The average molecular weight is 342 g/mol. The molecule has 136 valence electrons. The summed E-state index contributed by atoms with van der Waals surface area (Å²) in [7, 11) is 0. The van der Waals surface area contributed by atoms with E-state index in [4.69, 9.17) is 19.7 Å². The molecule has 11 nitrogen and oxygen atoms in total. The molecule has 0 aromatic carbocycles. The number of carbonyl (C=O) groups excluding carboxylic acids is 1. The molecule has 8 N–H and O–H groups in total. The minimum atomic E-state index is -1.97. The van der Waals surface area contributed by atoms with Crippen LogP contribution >= 0.6 is 0 Å². The Morgan fingerprint density at radius 2 is 1.65 bits per heavy atom. The maximum Gasteiger partial charge on any atom is 0.187 e. The molecular formula is C12H22O11. The number of hydrogen-bond acceptors (Lipinski definition) is 11. The molecule has 0 bridgehead atoms. The second kappa shape index (κ2) is 8.94. The van der Waals surface area contributed by atoms with Gasteiger partial charge >= 0.3 is 0 Å². The van der Waals surface area contributed by atoms with Gasteiger partial charge in [0.25, 0.3) is 0 Å². The van der Waals surface area contributed by atoms with Crippen LogP contribution in [0.1, 0.15) is 0 Å². The van der Waals surface area contributed by atoms with Gasteiger partial charge in [-0.2, -0.15) is 0 Å². The van der Waals surface area contributed by atoms with Crippen LogP contribution in [0.25, 0.3) is 0 Å². The molecule has 1 heterocycles. The van der Waals surface area contributed by atoms with E-state index in [1.54, 1.807) is 0 Å². The van der Waals surface area contributed by atoms with Gasteiger partial charge in [-0.05, 0) is 0 Å². The van der Waals surface area contributed by atoms with Crippen LogP contribution in [0.2, 0.25) is 0 Å². The van der Waals surface area contributed by atoms with Crippen molar-refractivity contribution in [1.82, 2.24) is 0 Å². The van der Waals surface area contributed by atoms with E-state index in [9.17, 15) is 35.4 Å². The van der Waals surface area contributed by atoms with E-state index in [2.05, 4.69) is 0 Å². The SMILES string of the molecule is O=C[C@@H](O)[C@@H](O)[C@H](O[C@H]1O[C@H](CO)[C@@H](O)[C@H](O)[C@H]1O)[C@H](O)CO. The van der Waals surface area contributed by atoms with Gasteiger partial charge in [0.15, 0.2) is 12.6 Å². The Morgan fingerprint density at radius 1 is 1.04 bits per heavy atom. The average Bonchev–Trinajstić information content (AvgIpc) is 2.57. The van der Waals surface area contributed by atoms with E-state index < -0.39 is 68.3 Å². The molecule has 0 radical (unpaired) electrons. The molecule has 1 aliphatic heterocycles. The first-order chi connectivity index (χ1) is 10.8. The lowest BCUT2D eigenvalue weighted by molar-refractivity contribution is -0.326. The summed E-state index contributed by atoms with van der Waals surface area (Å²) in [5.41, 5.74) is 0. The van der Waals surface area contributed by atoms with E-state index in [1.807, 2.05) is 0 Å². The third-order valence-electron chi connectivity index (χ3n) is 3.53. The third kappa shape index (κ3) is 4.64. The molecule has 9 atom stereocenters. The minimum absolute atomic E-state index is 0.0294. The summed E-state index contributed by atoms with van der Waals surface area (Å²) in [4.78, 5) is 10.5. The van der Waals surface area contributed by atoms with Crippen LogP contribution in [0.5, 0.6) is 0 Å². The molecule has 1 saturated heterocycles. The predicted octanol–water partition coefficient (Wildman–Crippen LogP) is -5.55. The summed E-state index contributed by atoms with van der Waals surface area (Å²) >= 11 is 0. The lowest BCUT2D eigenvalue weighted by Crippen LogP contribution is -2.61. The first-order valence-corrected chi connectivity index (χ1v) is 6.84. The Morgan fingerprint density at radius 3 is 2.13 bits per heavy atom. The quantitative estimate of drug-likeness (QED) is 0.196. The van der Waals surface area contributed by atoms with E-state index in [0.717, 1.165) is 0 Å². The van der Waals surface area contributed by atoms with E-state index in [1.165, 1.54) is 0 Å². The Labute approximate surface area is 130 Å². The summed E-state index contributed by atoms with van der Waals surface area (Å²) in [5, 5.41) is 75.7. The molecular weight excluding hydrogens is 320 g/mol. The smallest absolute Gasteiger partial charge is 0.187 e. The van der Waals surface area contributed by atoms with Gasteiger partial charge in [-0.1, -0.05) is 0 Å². The molecule has 0 saturated carbocycles. The maximum atomic E-state index is 10.5. The number of carbonyl (C=O) groups is 1. The number of aldehydes is 1. The van der Waals surface area contributed by atoms with Gasteiger partial charge in [-0.25, -0.2) is 0 Å². The zero-order valence-corrected chi connectivity index (χ0v) is 12.0. The highest BCUT2D eigenvalue weighted by Gasteiger charge is 2.46. The molecule has 1 fully saturated rings. The summed E-state index contributed by atoms with van der Waals surface area (Å²) in [6, 6.07) is 0. The summed E-state index contributed by atoms with van der Waals surface area (Å²) in [6.45, 7) is -1.64. The van der Waals surface area contributed by atoms with Crippen molar-refractivity contribution in [2.75, 3.05) is 13.2 Å². The van der Waals surface area contributed by atoms with Crippen LogP contribution in [-0.2, 0) is 14.3 Å². The van der Waals surface area contributed by atoms with Crippen LogP contribution in [0.15, 0.2) is 0 Å². The normalized spacial score (nSPS) is 37.0. The summed E-state index contributed by atoms with van der Waals surface area (Å²) in [5.74, 6) is 0. The van der Waals surface area contributed by atoms with Gasteiger partial charge in [0.05, 0.1) is 13.2 Å². The van der Waals surface area contributed by atoms with Crippen LogP contribution in [0.3, 0.4) is 0 Å². The van der Waals surface area contributed by atoms with Crippen LogP contribution in [0, 0.1) is 0 Å². The lowest BCUT2D eigenvalue weighted by Gasteiger charge is -2.42. The number of ether oxygens (including phenoxy) is 2. The fourth-order valence-electron chi connectivity index (χ4n) is 2.11. The van der Waals surface area contributed by atoms with Crippen molar-refractivity contribution in [3.63, 3.8) is 0 Å². The molecule has 0 amide bonds.